The van der Waals surface area contributed by atoms with Crippen molar-refractivity contribution in [3.8, 4) is 0 Å². The minimum absolute atomic E-state index is 0.138. The van der Waals surface area contributed by atoms with Crippen LogP contribution in [0.25, 0.3) is 0 Å². The van der Waals surface area contributed by atoms with E-state index >= 15 is 0 Å². The number of hydrogen-bond acceptors (Lipinski definition) is 7. The Morgan fingerprint density at radius 2 is 1.12 bits per heavy atom. The molecule has 0 fully saturated rings. The van der Waals surface area contributed by atoms with Crippen LogP contribution in [0.3, 0.4) is 0 Å². The van der Waals surface area contributed by atoms with Crippen molar-refractivity contribution >= 4 is 0 Å². The second kappa shape index (κ2) is 8.84. The van der Waals surface area contributed by atoms with E-state index < -0.39 is 11.1 Å². The summed E-state index contributed by atoms with van der Waals surface area (Å²) in [5.74, 6) is 0. The van der Waals surface area contributed by atoms with Crippen molar-refractivity contribution in [3.63, 3.8) is 0 Å². The van der Waals surface area contributed by atoms with Gasteiger partial charge in [-0.1, -0.05) is 6.07 Å². The maximum absolute atomic E-state index is 9.48. The predicted molar refractivity (Wildman–Crippen MR) is 92.3 cm³/mol. The van der Waals surface area contributed by atoms with E-state index in [1.54, 1.807) is 26.2 Å². The molecule has 1 heterocycles. The molecule has 7 heteroatoms. The summed E-state index contributed by atoms with van der Waals surface area (Å²) in [4.78, 5) is 8.04. The zero-order chi connectivity index (χ0) is 18.4. The molecule has 4 N–H and O–H groups in total. The van der Waals surface area contributed by atoms with Gasteiger partial charge in [0.25, 0.3) is 0 Å². The molecule has 0 aliphatic heterocycles. The number of hydrogen-bond donors (Lipinski definition) is 4. The largest absolute Gasteiger partial charge is 0.394 e. The third-order valence-corrected chi connectivity index (χ3v) is 4.90. The summed E-state index contributed by atoms with van der Waals surface area (Å²) in [6.07, 6.45) is 3.51. The summed E-state index contributed by atoms with van der Waals surface area (Å²) < 4.78 is 0. The van der Waals surface area contributed by atoms with E-state index in [1.807, 2.05) is 30.0 Å². The molecule has 0 amide bonds. The summed E-state index contributed by atoms with van der Waals surface area (Å²) in [6.45, 7) is 4.13. The number of aliphatic hydroxyl groups is 4. The first-order valence-corrected chi connectivity index (χ1v) is 8.03. The Morgan fingerprint density at radius 3 is 1.42 bits per heavy atom. The quantitative estimate of drug-likeness (QED) is 0.452. The maximum atomic E-state index is 9.48. The Hall–Kier alpha value is -1.09. The second-order valence-electron chi connectivity index (χ2n) is 7.04. The number of aromatic nitrogens is 1. The van der Waals surface area contributed by atoms with Crippen LogP contribution in [-0.4, -0.2) is 86.8 Å². The number of aliphatic hydroxyl groups excluding tert-OH is 4. The monoisotopic (exact) mass is 341 g/mol. The fourth-order valence-corrected chi connectivity index (χ4v) is 2.23. The SMILES string of the molecule is CN(Cc1cncc(CN(C)C(C)(CO)CO)c1)C(C)(CO)CO. The summed E-state index contributed by atoms with van der Waals surface area (Å²) in [5, 5.41) is 37.9. The van der Waals surface area contributed by atoms with E-state index in [0.29, 0.717) is 13.1 Å². The first-order valence-electron chi connectivity index (χ1n) is 8.03. The van der Waals surface area contributed by atoms with E-state index in [4.69, 9.17) is 0 Å². The fourth-order valence-electron chi connectivity index (χ4n) is 2.23. The molecular formula is C17H31N3O4. The molecule has 0 aliphatic carbocycles. The van der Waals surface area contributed by atoms with Gasteiger partial charge in [-0.25, -0.2) is 0 Å². The molecule has 1 aromatic rings. The average Bonchev–Trinajstić information content (AvgIpc) is 2.60. The summed E-state index contributed by atoms with van der Waals surface area (Å²) in [6, 6.07) is 2.00. The number of nitrogens with zero attached hydrogens (tertiary/aromatic N) is 3. The Bertz CT molecular complexity index is 463. The summed E-state index contributed by atoms with van der Waals surface area (Å²) in [5.41, 5.74) is 0.538. The molecule has 0 aromatic carbocycles. The zero-order valence-corrected chi connectivity index (χ0v) is 15.1. The Kier molecular flexibility index (Phi) is 7.72. The molecule has 0 radical (unpaired) electrons. The molecule has 1 rings (SSSR count). The molecule has 0 aliphatic rings. The van der Waals surface area contributed by atoms with Gasteiger partial charge in [0.15, 0.2) is 0 Å². The predicted octanol–water partition coefficient (Wildman–Crippen LogP) is -0.568. The maximum Gasteiger partial charge on any atom is 0.0644 e. The van der Waals surface area contributed by atoms with Crippen LogP contribution < -0.4 is 0 Å². The van der Waals surface area contributed by atoms with Crippen molar-refractivity contribution in [2.24, 2.45) is 0 Å². The number of likely N-dealkylation sites (N-methyl/N-ethyl adjacent to an activating group) is 2. The summed E-state index contributed by atoms with van der Waals surface area (Å²) in [7, 11) is 3.69. The average molecular weight is 341 g/mol. The topological polar surface area (TPSA) is 100 Å². The van der Waals surface area contributed by atoms with Gasteiger partial charge in [0.1, 0.15) is 0 Å². The van der Waals surface area contributed by atoms with Gasteiger partial charge in [-0.2, -0.15) is 0 Å². The molecule has 0 spiro atoms. The van der Waals surface area contributed by atoms with Crippen LogP contribution in [-0.2, 0) is 13.1 Å². The Morgan fingerprint density at radius 1 is 0.792 bits per heavy atom. The highest BCUT2D eigenvalue weighted by atomic mass is 16.3. The van der Waals surface area contributed by atoms with Gasteiger partial charge in [-0.05, 0) is 39.1 Å². The lowest BCUT2D eigenvalue weighted by molar-refractivity contribution is 0.00980. The lowest BCUT2D eigenvalue weighted by Gasteiger charge is -2.36. The third kappa shape index (κ3) is 4.95. The number of pyridine rings is 1. The van der Waals surface area contributed by atoms with Crippen LogP contribution >= 0.6 is 0 Å². The normalized spacial score (nSPS) is 13.1. The van der Waals surface area contributed by atoms with Crippen molar-refractivity contribution in [3.05, 3.63) is 29.6 Å². The third-order valence-electron chi connectivity index (χ3n) is 4.90. The lowest BCUT2D eigenvalue weighted by Crippen LogP contribution is -2.49. The Balaban J connectivity index is 2.84. The van der Waals surface area contributed by atoms with Gasteiger partial charge in [0.05, 0.1) is 37.5 Å². The van der Waals surface area contributed by atoms with Crippen LogP contribution in [0.5, 0.6) is 0 Å². The molecule has 1 aromatic heterocycles. The van der Waals surface area contributed by atoms with Gasteiger partial charge in [0.2, 0.25) is 0 Å². The van der Waals surface area contributed by atoms with Crippen LogP contribution in [0.1, 0.15) is 25.0 Å². The molecule has 0 saturated heterocycles. The molecule has 0 bridgehead atoms. The highest BCUT2D eigenvalue weighted by molar-refractivity contribution is 5.18. The smallest absolute Gasteiger partial charge is 0.0644 e. The standard InChI is InChI=1S/C17H31N3O4/c1-16(10-21,11-22)19(3)8-14-5-15(7-18-6-14)9-20(4)17(2,12-23)13-24/h5-7,21-24H,8-13H2,1-4H3. The van der Waals surface area contributed by atoms with E-state index in [9.17, 15) is 20.4 Å². The van der Waals surface area contributed by atoms with E-state index in [2.05, 4.69) is 4.98 Å². The minimum Gasteiger partial charge on any atom is -0.394 e. The second-order valence-corrected chi connectivity index (χ2v) is 7.04. The van der Waals surface area contributed by atoms with E-state index in [0.717, 1.165) is 11.1 Å². The van der Waals surface area contributed by atoms with Crippen molar-refractivity contribution in [2.45, 2.75) is 38.0 Å². The van der Waals surface area contributed by atoms with Gasteiger partial charge < -0.3 is 20.4 Å². The number of rotatable bonds is 10. The van der Waals surface area contributed by atoms with Gasteiger partial charge in [0, 0.05) is 25.5 Å². The highest BCUT2D eigenvalue weighted by Crippen LogP contribution is 2.18. The first kappa shape index (κ1) is 21.0. The van der Waals surface area contributed by atoms with E-state index in [-0.39, 0.29) is 26.4 Å². The van der Waals surface area contributed by atoms with Crippen LogP contribution in [0, 0.1) is 0 Å². The van der Waals surface area contributed by atoms with Gasteiger partial charge >= 0.3 is 0 Å². The van der Waals surface area contributed by atoms with Crippen molar-refractivity contribution in [1.29, 1.82) is 0 Å². The van der Waals surface area contributed by atoms with Crippen LogP contribution in [0.15, 0.2) is 18.5 Å². The summed E-state index contributed by atoms with van der Waals surface area (Å²) >= 11 is 0. The van der Waals surface area contributed by atoms with Crippen molar-refractivity contribution < 1.29 is 20.4 Å². The van der Waals surface area contributed by atoms with E-state index in [1.165, 1.54) is 0 Å². The minimum atomic E-state index is -0.695. The zero-order valence-electron chi connectivity index (χ0n) is 15.1. The van der Waals surface area contributed by atoms with Gasteiger partial charge in [-0.15, -0.1) is 0 Å². The molecule has 0 saturated carbocycles. The Labute approximate surface area is 144 Å². The van der Waals surface area contributed by atoms with Crippen molar-refractivity contribution in [2.75, 3.05) is 40.5 Å². The molecular weight excluding hydrogens is 310 g/mol. The molecule has 24 heavy (non-hydrogen) atoms. The lowest BCUT2D eigenvalue weighted by atomic mass is 10.0. The molecule has 0 unspecified atom stereocenters. The van der Waals surface area contributed by atoms with Crippen LogP contribution in [0.2, 0.25) is 0 Å². The molecule has 138 valence electrons. The fraction of sp³-hybridized carbons (Fsp3) is 0.706. The van der Waals surface area contributed by atoms with Crippen molar-refractivity contribution in [1.82, 2.24) is 14.8 Å². The van der Waals surface area contributed by atoms with Gasteiger partial charge in [-0.3, -0.25) is 14.8 Å². The van der Waals surface area contributed by atoms with Crippen LogP contribution in [0.4, 0.5) is 0 Å². The molecule has 0 atom stereocenters. The highest BCUT2D eigenvalue weighted by Gasteiger charge is 2.29. The molecule has 7 nitrogen and oxygen atoms in total. The first-order chi connectivity index (χ1) is 11.2.